The lowest BCUT2D eigenvalue weighted by molar-refractivity contribution is -0.116. The maximum atomic E-state index is 13.3. The number of anilines is 1. The van der Waals surface area contributed by atoms with Gasteiger partial charge in [-0.15, -0.1) is 10.2 Å². The van der Waals surface area contributed by atoms with Crippen LogP contribution in [0.2, 0.25) is 5.02 Å². The lowest BCUT2D eigenvalue weighted by Gasteiger charge is -2.33. The molecule has 9 heteroatoms. The predicted molar refractivity (Wildman–Crippen MR) is 119 cm³/mol. The highest BCUT2D eigenvalue weighted by molar-refractivity contribution is 8.00. The zero-order valence-electron chi connectivity index (χ0n) is 16.8. The van der Waals surface area contributed by atoms with Crippen molar-refractivity contribution >= 4 is 35.0 Å². The second-order valence-electron chi connectivity index (χ2n) is 6.93. The zero-order valence-corrected chi connectivity index (χ0v) is 18.4. The molecule has 1 aliphatic heterocycles. The zero-order chi connectivity index (χ0) is 21.3. The number of aryl methyl sites for hydroxylation is 2. The van der Waals surface area contributed by atoms with Gasteiger partial charge >= 0.3 is 0 Å². The number of carbonyl (C=O) groups excluding carboxylic acids is 1. The van der Waals surface area contributed by atoms with E-state index in [0.29, 0.717) is 15.9 Å². The molecule has 1 aliphatic rings. The molecule has 0 saturated heterocycles. The summed E-state index contributed by atoms with van der Waals surface area (Å²) < 4.78 is 7.12. The summed E-state index contributed by atoms with van der Waals surface area (Å²) in [4.78, 5) is 13.3. The molecule has 7 nitrogen and oxygen atoms in total. The molecule has 1 aromatic heterocycles. The fourth-order valence-corrected chi connectivity index (χ4v) is 4.74. The van der Waals surface area contributed by atoms with Gasteiger partial charge < -0.3 is 15.5 Å². The van der Waals surface area contributed by atoms with Crippen LogP contribution in [0.3, 0.4) is 0 Å². The summed E-state index contributed by atoms with van der Waals surface area (Å²) in [6, 6.07) is 12.9. The molecule has 30 heavy (non-hydrogen) atoms. The number of hydrogen-bond acceptors (Lipinski definition) is 6. The number of para-hydroxylation sites is 1. The van der Waals surface area contributed by atoms with Crippen molar-refractivity contribution in [3.63, 3.8) is 0 Å². The Morgan fingerprint density at radius 2 is 2.10 bits per heavy atom. The van der Waals surface area contributed by atoms with Crippen LogP contribution in [0.15, 0.2) is 47.6 Å². The molecule has 2 aromatic carbocycles. The minimum absolute atomic E-state index is 0.119. The summed E-state index contributed by atoms with van der Waals surface area (Å²) in [6.45, 7) is 3.98. The molecule has 0 unspecified atom stereocenters. The number of methoxy groups -OCH3 is 1. The van der Waals surface area contributed by atoms with Crippen molar-refractivity contribution in [1.82, 2.24) is 14.9 Å². The van der Waals surface area contributed by atoms with E-state index in [1.807, 2.05) is 61.0 Å². The molecular formula is C21H22ClN5O2S. The first-order chi connectivity index (χ1) is 14.5. The number of benzene rings is 2. The summed E-state index contributed by atoms with van der Waals surface area (Å²) in [6.07, 6.45) is 0.719. The smallest absolute Gasteiger partial charge is 0.240 e. The third-order valence-corrected chi connectivity index (χ3v) is 6.53. The minimum Gasteiger partial charge on any atom is -0.495 e. The van der Waals surface area contributed by atoms with Crippen molar-refractivity contribution in [2.75, 3.05) is 17.9 Å². The predicted octanol–water partition coefficient (Wildman–Crippen LogP) is 4.21. The van der Waals surface area contributed by atoms with E-state index in [9.17, 15) is 4.79 Å². The van der Waals surface area contributed by atoms with E-state index in [-0.39, 0.29) is 11.9 Å². The van der Waals surface area contributed by atoms with Crippen LogP contribution >= 0.6 is 23.4 Å². The fourth-order valence-electron chi connectivity index (χ4n) is 3.37. The summed E-state index contributed by atoms with van der Waals surface area (Å²) >= 11 is 7.76. The number of ether oxygens (including phenoxy) is 1. The Morgan fingerprint density at radius 3 is 2.80 bits per heavy atom. The van der Waals surface area contributed by atoms with E-state index in [0.717, 1.165) is 29.1 Å². The molecule has 0 aliphatic carbocycles. The first kappa shape index (κ1) is 20.6. The largest absolute Gasteiger partial charge is 0.495 e. The Hall–Kier alpha value is -2.71. The number of rotatable bonds is 5. The lowest BCUT2D eigenvalue weighted by Crippen LogP contribution is -2.41. The maximum absolute atomic E-state index is 13.3. The summed E-state index contributed by atoms with van der Waals surface area (Å²) in [7, 11) is 1.57. The van der Waals surface area contributed by atoms with Crippen molar-refractivity contribution < 1.29 is 9.53 Å². The summed E-state index contributed by atoms with van der Waals surface area (Å²) in [5, 5.41) is 12.2. The molecule has 2 N–H and O–H groups in total. The average Bonchev–Trinajstić information content (AvgIpc) is 3.16. The molecule has 156 valence electrons. The van der Waals surface area contributed by atoms with Gasteiger partial charge in [0.05, 0.1) is 18.2 Å². The standard InChI is InChI=1S/C21H22ClN5O2S/c1-4-17-24-25-21-27(17)26-18(13-9-10-16(29-3)14(22)11-13)19(30-21)20(28)23-15-8-6-5-7-12(15)2/h5-11,18-19,26H,4H2,1-3H3,(H,23,28)/t18-,19+/m0/s1. The number of carbonyl (C=O) groups is 1. The Balaban J connectivity index is 1.70. The fraction of sp³-hybridized carbons (Fsp3) is 0.286. The van der Waals surface area contributed by atoms with Crippen molar-refractivity contribution in [2.24, 2.45) is 0 Å². The van der Waals surface area contributed by atoms with Gasteiger partial charge in [-0.05, 0) is 36.2 Å². The van der Waals surface area contributed by atoms with Gasteiger partial charge in [-0.2, -0.15) is 0 Å². The van der Waals surface area contributed by atoms with Crippen LogP contribution in [0.4, 0.5) is 5.69 Å². The molecule has 3 aromatic rings. The highest BCUT2D eigenvalue weighted by Crippen LogP contribution is 2.39. The van der Waals surface area contributed by atoms with Crippen molar-refractivity contribution in [1.29, 1.82) is 0 Å². The molecule has 0 spiro atoms. The highest BCUT2D eigenvalue weighted by Gasteiger charge is 2.38. The number of fused-ring (bicyclic) bond motifs is 1. The summed E-state index contributed by atoms with van der Waals surface area (Å²) in [5.74, 6) is 1.27. The Kier molecular flexibility index (Phi) is 5.87. The number of nitrogens with one attached hydrogen (secondary N) is 2. The Labute approximate surface area is 184 Å². The SMILES string of the molecule is CCc1nnc2n1N[C@@H](c1ccc(OC)c(Cl)c1)[C@H](C(=O)Nc1ccccc1C)S2. The van der Waals surface area contributed by atoms with Crippen LogP contribution < -0.4 is 15.5 Å². The second-order valence-corrected chi connectivity index (χ2v) is 8.45. The number of nitrogens with zero attached hydrogens (tertiary/aromatic N) is 3. The van der Waals surface area contributed by atoms with Gasteiger partial charge in [-0.3, -0.25) is 4.79 Å². The minimum atomic E-state index is -0.476. The van der Waals surface area contributed by atoms with Crippen molar-refractivity contribution in [3.05, 3.63) is 64.4 Å². The van der Waals surface area contributed by atoms with Gasteiger partial charge in [-0.1, -0.05) is 54.6 Å². The van der Waals surface area contributed by atoms with Gasteiger partial charge in [0.15, 0.2) is 5.82 Å². The van der Waals surface area contributed by atoms with Crippen LogP contribution in [0.5, 0.6) is 5.75 Å². The van der Waals surface area contributed by atoms with Gasteiger partial charge in [-0.25, -0.2) is 4.68 Å². The molecule has 0 saturated carbocycles. The van der Waals surface area contributed by atoms with Crippen LogP contribution in [-0.2, 0) is 11.2 Å². The number of aromatic nitrogens is 3. The van der Waals surface area contributed by atoms with Gasteiger partial charge in [0.1, 0.15) is 11.0 Å². The summed E-state index contributed by atoms with van der Waals surface area (Å²) in [5.41, 5.74) is 6.08. The molecule has 4 rings (SSSR count). The van der Waals surface area contributed by atoms with E-state index in [2.05, 4.69) is 20.9 Å². The molecule has 0 bridgehead atoms. The topological polar surface area (TPSA) is 81.1 Å². The third kappa shape index (κ3) is 3.85. The second kappa shape index (κ2) is 8.57. The van der Waals surface area contributed by atoms with Crippen LogP contribution in [0.25, 0.3) is 0 Å². The normalized spacial score (nSPS) is 17.7. The van der Waals surface area contributed by atoms with Gasteiger partial charge in [0, 0.05) is 12.1 Å². The quantitative estimate of drug-likeness (QED) is 0.614. The number of thioether (sulfide) groups is 1. The average molecular weight is 444 g/mol. The molecule has 0 fully saturated rings. The first-order valence-electron chi connectivity index (χ1n) is 9.59. The van der Waals surface area contributed by atoms with E-state index < -0.39 is 5.25 Å². The number of hydrogen-bond donors (Lipinski definition) is 2. The van der Waals surface area contributed by atoms with Crippen LogP contribution in [-0.4, -0.2) is 33.1 Å². The van der Waals surface area contributed by atoms with Gasteiger partial charge in [0.25, 0.3) is 0 Å². The van der Waals surface area contributed by atoms with Crippen LogP contribution in [0.1, 0.15) is 29.9 Å². The van der Waals surface area contributed by atoms with Crippen molar-refractivity contribution in [3.8, 4) is 5.75 Å². The lowest BCUT2D eigenvalue weighted by atomic mass is 10.0. The van der Waals surface area contributed by atoms with Crippen molar-refractivity contribution in [2.45, 2.75) is 36.7 Å². The number of amides is 1. The molecule has 2 atom stereocenters. The van der Waals surface area contributed by atoms with Crippen LogP contribution in [0, 0.1) is 6.92 Å². The maximum Gasteiger partial charge on any atom is 0.240 e. The molecule has 1 amide bonds. The molecule has 2 heterocycles. The highest BCUT2D eigenvalue weighted by atomic mass is 35.5. The molecular weight excluding hydrogens is 422 g/mol. The van der Waals surface area contributed by atoms with E-state index >= 15 is 0 Å². The third-order valence-electron chi connectivity index (χ3n) is 5.02. The van der Waals surface area contributed by atoms with E-state index in [4.69, 9.17) is 16.3 Å². The monoisotopic (exact) mass is 443 g/mol. The van der Waals surface area contributed by atoms with Gasteiger partial charge in [0.2, 0.25) is 11.1 Å². The van der Waals surface area contributed by atoms with E-state index in [1.54, 1.807) is 7.11 Å². The Morgan fingerprint density at radius 1 is 1.30 bits per heavy atom. The molecule has 0 radical (unpaired) electrons. The van der Waals surface area contributed by atoms with E-state index in [1.165, 1.54) is 11.8 Å². The number of halogens is 1. The Bertz CT molecular complexity index is 1090. The first-order valence-corrected chi connectivity index (χ1v) is 10.8.